The molecule has 0 saturated heterocycles. The second-order valence-corrected chi connectivity index (χ2v) is 7.10. The summed E-state index contributed by atoms with van der Waals surface area (Å²) in [4.78, 5) is 26.0. The van der Waals surface area contributed by atoms with Gasteiger partial charge in [-0.05, 0) is 24.3 Å². The molecule has 0 amide bonds. The highest BCUT2D eigenvalue weighted by Crippen LogP contribution is 2.59. The van der Waals surface area contributed by atoms with Crippen molar-refractivity contribution in [2.45, 2.75) is 32.6 Å². The van der Waals surface area contributed by atoms with Gasteiger partial charge in [-0.1, -0.05) is 19.8 Å². The Labute approximate surface area is 159 Å². The quantitative estimate of drug-likeness (QED) is 0.581. The van der Waals surface area contributed by atoms with Crippen LogP contribution in [0.3, 0.4) is 0 Å². The minimum atomic E-state index is -0.606. The molecule has 0 unspecified atom stereocenters. The Morgan fingerprint density at radius 3 is 2.00 bits per heavy atom. The minimum Gasteiger partial charge on any atom is -0.496 e. The summed E-state index contributed by atoms with van der Waals surface area (Å²) in [6, 6.07) is 3.47. The fourth-order valence-electron chi connectivity index (χ4n) is 4.64. The molecule has 1 aromatic carbocycles. The first kappa shape index (κ1) is 19.3. The van der Waals surface area contributed by atoms with Gasteiger partial charge in [0.25, 0.3) is 0 Å². The number of esters is 1. The van der Waals surface area contributed by atoms with Gasteiger partial charge in [0.15, 0.2) is 5.78 Å². The summed E-state index contributed by atoms with van der Waals surface area (Å²) >= 11 is 0. The highest BCUT2D eigenvalue weighted by molar-refractivity contribution is 6.28. The molecule has 6 nitrogen and oxygen atoms in total. The van der Waals surface area contributed by atoms with Gasteiger partial charge in [-0.25, -0.2) is 4.79 Å². The average molecular weight is 374 g/mol. The molecule has 1 aromatic rings. The first-order valence-corrected chi connectivity index (χ1v) is 9.12. The first-order valence-electron chi connectivity index (χ1n) is 9.12. The lowest BCUT2D eigenvalue weighted by molar-refractivity contribution is -0.139. The van der Waals surface area contributed by atoms with Crippen LogP contribution in [0.4, 0.5) is 0 Å². The van der Waals surface area contributed by atoms with E-state index in [9.17, 15) is 9.59 Å². The number of carbonyl (C=O) groups excluding carboxylic acids is 2. The lowest BCUT2D eigenvalue weighted by Crippen LogP contribution is -2.31. The van der Waals surface area contributed by atoms with E-state index in [-0.39, 0.29) is 17.3 Å². The summed E-state index contributed by atoms with van der Waals surface area (Å²) in [6.45, 7) is 2.01. The number of hydrogen-bond donors (Lipinski definition) is 0. The molecule has 1 atom stereocenters. The molecule has 1 fully saturated rings. The Kier molecular flexibility index (Phi) is 5.18. The molecule has 2 aliphatic rings. The minimum absolute atomic E-state index is 0.116. The standard InChI is InChI=1S/C21H26O6/c1-12-16(17-14(25-3)10-13(24-2)11-15(17)26-4)18(20(23)27-5)19(22)21(12)8-6-7-9-21/h10-12H,6-9H2,1-5H3/t12-/m1/s1. The van der Waals surface area contributed by atoms with Crippen LogP contribution in [0.2, 0.25) is 0 Å². The molecular weight excluding hydrogens is 348 g/mol. The van der Waals surface area contributed by atoms with Crippen LogP contribution >= 0.6 is 0 Å². The van der Waals surface area contributed by atoms with Crippen LogP contribution in [0.25, 0.3) is 5.57 Å². The van der Waals surface area contributed by atoms with E-state index in [1.54, 1.807) is 33.5 Å². The van der Waals surface area contributed by atoms with Crippen molar-refractivity contribution in [3.63, 3.8) is 0 Å². The summed E-state index contributed by atoms with van der Waals surface area (Å²) in [5.74, 6) is 0.701. The van der Waals surface area contributed by atoms with Crippen LogP contribution in [-0.2, 0) is 14.3 Å². The Morgan fingerprint density at radius 2 is 1.56 bits per heavy atom. The van der Waals surface area contributed by atoms with Gasteiger partial charge in [0.2, 0.25) is 0 Å². The smallest absolute Gasteiger partial charge is 0.341 e. The third kappa shape index (κ3) is 2.78. The number of methoxy groups -OCH3 is 4. The number of rotatable bonds is 5. The van der Waals surface area contributed by atoms with Gasteiger partial charge >= 0.3 is 5.97 Å². The van der Waals surface area contributed by atoms with Gasteiger partial charge in [0, 0.05) is 17.5 Å². The maximum Gasteiger partial charge on any atom is 0.341 e. The molecule has 1 spiro atoms. The fraction of sp³-hybridized carbons (Fsp3) is 0.524. The van der Waals surface area contributed by atoms with Crippen molar-refractivity contribution in [1.82, 2.24) is 0 Å². The second kappa shape index (κ2) is 7.25. The lowest BCUT2D eigenvalue weighted by atomic mass is 9.73. The Hall–Kier alpha value is -2.50. The third-order valence-corrected chi connectivity index (χ3v) is 6.08. The molecule has 1 saturated carbocycles. The van der Waals surface area contributed by atoms with Gasteiger partial charge in [0.05, 0.1) is 34.0 Å². The van der Waals surface area contributed by atoms with Crippen molar-refractivity contribution in [3.05, 3.63) is 23.3 Å². The van der Waals surface area contributed by atoms with Crippen LogP contribution < -0.4 is 14.2 Å². The predicted molar refractivity (Wildman–Crippen MR) is 100 cm³/mol. The van der Waals surface area contributed by atoms with Crippen molar-refractivity contribution < 1.29 is 28.5 Å². The molecule has 27 heavy (non-hydrogen) atoms. The normalized spacial score (nSPS) is 20.9. The largest absolute Gasteiger partial charge is 0.496 e. The molecule has 0 aromatic heterocycles. The van der Waals surface area contributed by atoms with E-state index in [0.29, 0.717) is 28.4 Å². The number of ether oxygens (including phenoxy) is 4. The molecule has 0 aliphatic heterocycles. The van der Waals surface area contributed by atoms with E-state index in [4.69, 9.17) is 18.9 Å². The van der Waals surface area contributed by atoms with Gasteiger partial charge in [-0.15, -0.1) is 0 Å². The topological polar surface area (TPSA) is 71.1 Å². The summed E-state index contributed by atoms with van der Waals surface area (Å²) in [5, 5.41) is 0. The van der Waals surface area contributed by atoms with E-state index in [2.05, 4.69) is 0 Å². The zero-order chi connectivity index (χ0) is 19.8. The summed E-state index contributed by atoms with van der Waals surface area (Å²) < 4.78 is 21.5. The third-order valence-electron chi connectivity index (χ3n) is 6.08. The van der Waals surface area contributed by atoms with Gasteiger partial charge in [0.1, 0.15) is 22.8 Å². The van der Waals surface area contributed by atoms with Crippen molar-refractivity contribution in [2.24, 2.45) is 11.3 Å². The Bertz CT molecular complexity index is 776. The van der Waals surface area contributed by atoms with Crippen LogP contribution in [0.5, 0.6) is 17.2 Å². The van der Waals surface area contributed by atoms with E-state index in [1.807, 2.05) is 6.92 Å². The number of allylic oxidation sites excluding steroid dienone is 1. The second-order valence-electron chi connectivity index (χ2n) is 7.10. The van der Waals surface area contributed by atoms with E-state index in [1.165, 1.54) is 7.11 Å². The molecule has 3 rings (SSSR count). The molecule has 0 radical (unpaired) electrons. The average Bonchev–Trinajstić information content (AvgIpc) is 3.27. The van der Waals surface area contributed by atoms with Gasteiger partial charge < -0.3 is 18.9 Å². The monoisotopic (exact) mass is 374 g/mol. The molecular formula is C21H26O6. The van der Waals surface area contributed by atoms with Crippen LogP contribution in [0.15, 0.2) is 17.7 Å². The molecule has 2 aliphatic carbocycles. The number of hydrogen-bond acceptors (Lipinski definition) is 6. The van der Waals surface area contributed by atoms with Gasteiger partial charge in [-0.2, -0.15) is 0 Å². The molecule has 6 heteroatoms. The zero-order valence-corrected chi connectivity index (χ0v) is 16.5. The summed E-state index contributed by atoms with van der Waals surface area (Å²) in [7, 11) is 5.95. The number of Topliss-reactive ketones (excluding diaryl/α,β-unsaturated/α-hetero) is 1. The Morgan fingerprint density at radius 1 is 1.00 bits per heavy atom. The summed E-state index contributed by atoms with van der Waals surface area (Å²) in [5.41, 5.74) is 0.832. The molecule has 146 valence electrons. The van der Waals surface area contributed by atoms with Crippen molar-refractivity contribution in [3.8, 4) is 17.2 Å². The van der Waals surface area contributed by atoms with Gasteiger partial charge in [-0.3, -0.25) is 4.79 Å². The molecule has 0 bridgehead atoms. The molecule has 0 heterocycles. The highest BCUT2D eigenvalue weighted by atomic mass is 16.5. The fourth-order valence-corrected chi connectivity index (χ4v) is 4.64. The SMILES string of the molecule is COC(=O)C1=C(c2c(OC)cc(OC)cc2OC)[C@@H](C)C2(CCCC2)C1=O. The highest BCUT2D eigenvalue weighted by Gasteiger charge is 2.56. The number of ketones is 1. The van der Waals surface area contributed by atoms with Crippen LogP contribution in [0.1, 0.15) is 38.2 Å². The van der Waals surface area contributed by atoms with E-state index in [0.717, 1.165) is 25.7 Å². The van der Waals surface area contributed by atoms with Crippen molar-refractivity contribution >= 4 is 17.3 Å². The predicted octanol–water partition coefficient (Wildman–Crippen LogP) is 3.42. The van der Waals surface area contributed by atoms with Crippen LogP contribution in [-0.4, -0.2) is 40.2 Å². The zero-order valence-electron chi connectivity index (χ0n) is 16.5. The number of carbonyl (C=O) groups is 2. The number of benzene rings is 1. The summed E-state index contributed by atoms with van der Waals surface area (Å²) in [6.07, 6.45) is 3.51. The van der Waals surface area contributed by atoms with E-state index >= 15 is 0 Å². The maximum atomic E-state index is 13.4. The van der Waals surface area contributed by atoms with E-state index < -0.39 is 11.4 Å². The lowest BCUT2D eigenvalue weighted by Gasteiger charge is -2.29. The van der Waals surface area contributed by atoms with Crippen molar-refractivity contribution in [2.75, 3.05) is 28.4 Å². The Balaban J connectivity index is 2.30. The molecule has 0 N–H and O–H groups in total. The van der Waals surface area contributed by atoms with Crippen LogP contribution in [0, 0.1) is 11.3 Å². The maximum absolute atomic E-state index is 13.4. The van der Waals surface area contributed by atoms with Crippen molar-refractivity contribution in [1.29, 1.82) is 0 Å². The first-order chi connectivity index (χ1) is 12.9.